The Kier molecular flexibility index (Phi) is 3.67. The number of hydrogen-bond acceptors (Lipinski definition) is 3. The topological polar surface area (TPSA) is 50.9 Å². The van der Waals surface area contributed by atoms with Crippen molar-refractivity contribution in [3.63, 3.8) is 0 Å². The van der Waals surface area contributed by atoms with E-state index in [-0.39, 0.29) is 0 Å². The minimum absolute atomic E-state index is 0.357. The Hall–Kier alpha value is -2.62. The van der Waals surface area contributed by atoms with Gasteiger partial charge in [-0.15, -0.1) is 0 Å². The van der Waals surface area contributed by atoms with Crippen LogP contribution in [0, 0.1) is 6.92 Å². The average molecular weight is 293 g/mol. The van der Waals surface area contributed by atoms with Crippen LogP contribution in [0.2, 0.25) is 0 Å². The Morgan fingerprint density at radius 3 is 2.55 bits per heavy atom. The third-order valence-corrected chi connectivity index (χ3v) is 3.79. The van der Waals surface area contributed by atoms with Crippen LogP contribution >= 0.6 is 0 Å². The molecule has 0 fully saturated rings. The van der Waals surface area contributed by atoms with Gasteiger partial charge in [0.1, 0.15) is 5.69 Å². The van der Waals surface area contributed by atoms with Gasteiger partial charge in [0.25, 0.3) is 0 Å². The molecule has 0 aliphatic heterocycles. The molecular weight excluding hydrogens is 274 g/mol. The van der Waals surface area contributed by atoms with Gasteiger partial charge in [-0.05, 0) is 30.5 Å². The van der Waals surface area contributed by atoms with Crippen LogP contribution < -0.4 is 0 Å². The molecule has 0 bridgehead atoms. The predicted octanol–water partition coefficient (Wildman–Crippen LogP) is 4.28. The van der Waals surface area contributed by atoms with E-state index in [1.165, 1.54) is 10.3 Å². The highest BCUT2D eigenvalue weighted by Crippen LogP contribution is 2.32. The minimum atomic E-state index is 0.357. The molecule has 3 rings (SSSR count). The van der Waals surface area contributed by atoms with Crippen LogP contribution in [0.25, 0.3) is 22.6 Å². The zero-order valence-corrected chi connectivity index (χ0v) is 13.0. The van der Waals surface area contributed by atoms with E-state index in [1.807, 2.05) is 37.3 Å². The molecule has 0 saturated carbocycles. The number of rotatable bonds is 3. The lowest BCUT2D eigenvalue weighted by Crippen LogP contribution is -2.00. The maximum absolute atomic E-state index is 10.6. The molecule has 3 aromatic rings. The number of nitrogens with zero attached hydrogens (tertiary/aromatic N) is 3. The van der Waals surface area contributed by atoms with Gasteiger partial charge in [0.05, 0.1) is 5.69 Å². The van der Waals surface area contributed by atoms with Crippen LogP contribution in [0.4, 0.5) is 0 Å². The zero-order chi connectivity index (χ0) is 15.7. The van der Waals surface area contributed by atoms with Crippen molar-refractivity contribution < 1.29 is 5.21 Å². The van der Waals surface area contributed by atoms with E-state index in [9.17, 15) is 5.21 Å². The van der Waals surface area contributed by atoms with Crippen molar-refractivity contribution in [1.82, 2.24) is 14.7 Å². The van der Waals surface area contributed by atoms with Crippen molar-refractivity contribution in [3.8, 4) is 22.6 Å². The molecule has 112 valence electrons. The van der Waals surface area contributed by atoms with Gasteiger partial charge in [-0.2, -0.15) is 4.73 Å². The second kappa shape index (κ2) is 5.64. The molecule has 0 unspecified atom stereocenters. The fourth-order valence-corrected chi connectivity index (χ4v) is 2.73. The normalized spacial score (nSPS) is 11.1. The summed E-state index contributed by atoms with van der Waals surface area (Å²) in [6, 6.07) is 11.8. The SMILES string of the molecule is Cc1nc(-c2ccccc2C(C)C)n(O)c1-c1cccnc1. The van der Waals surface area contributed by atoms with E-state index in [0.29, 0.717) is 17.4 Å². The van der Waals surface area contributed by atoms with Crippen LogP contribution in [-0.2, 0) is 0 Å². The maximum Gasteiger partial charge on any atom is 0.176 e. The lowest BCUT2D eigenvalue weighted by Gasteiger charge is -2.12. The third-order valence-electron chi connectivity index (χ3n) is 3.79. The standard InChI is InChI=1S/C18H19N3O/c1-12(2)15-8-4-5-9-16(15)18-20-13(3)17(21(18)22)14-7-6-10-19-11-14/h4-12,22H,1-3H3. The van der Waals surface area contributed by atoms with Crippen LogP contribution in [0.5, 0.6) is 0 Å². The third kappa shape index (κ3) is 2.37. The number of aromatic nitrogens is 3. The Bertz CT molecular complexity index is 791. The first-order valence-corrected chi connectivity index (χ1v) is 7.38. The first kappa shape index (κ1) is 14.3. The first-order valence-electron chi connectivity index (χ1n) is 7.38. The molecule has 2 aromatic heterocycles. The van der Waals surface area contributed by atoms with Crippen LogP contribution in [0.15, 0.2) is 48.8 Å². The highest BCUT2D eigenvalue weighted by molar-refractivity contribution is 5.69. The largest absolute Gasteiger partial charge is 0.426 e. The van der Waals surface area contributed by atoms with Crippen molar-refractivity contribution in [2.75, 3.05) is 0 Å². The molecule has 0 saturated heterocycles. The van der Waals surface area contributed by atoms with E-state index in [2.05, 4.69) is 29.9 Å². The summed E-state index contributed by atoms with van der Waals surface area (Å²) in [5, 5.41) is 10.6. The number of benzene rings is 1. The van der Waals surface area contributed by atoms with Gasteiger partial charge in [-0.1, -0.05) is 38.1 Å². The van der Waals surface area contributed by atoms with Crippen molar-refractivity contribution in [3.05, 3.63) is 60.0 Å². The van der Waals surface area contributed by atoms with E-state index in [4.69, 9.17) is 0 Å². The zero-order valence-electron chi connectivity index (χ0n) is 13.0. The summed E-state index contributed by atoms with van der Waals surface area (Å²) in [5.74, 6) is 0.927. The summed E-state index contributed by atoms with van der Waals surface area (Å²) in [4.78, 5) is 8.70. The molecule has 2 heterocycles. The molecule has 0 amide bonds. The Balaban J connectivity index is 2.20. The van der Waals surface area contributed by atoms with Gasteiger partial charge in [0.15, 0.2) is 5.82 Å². The lowest BCUT2D eigenvalue weighted by atomic mass is 9.97. The quantitative estimate of drug-likeness (QED) is 0.733. The summed E-state index contributed by atoms with van der Waals surface area (Å²) < 4.78 is 1.17. The molecule has 22 heavy (non-hydrogen) atoms. The maximum atomic E-state index is 10.6. The molecular formula is C18H19N3O. The summed E-state index contributed by atoms with van der Waals surface area (Å²) >= 11 is 0. The number of imidazole rings is 1. The van der Waals surface area contributed by atoms with E-state index >= 15 is 0 Å². The highest BCUT2D eigenvalue weighted by Gasteiger charge is 2.19. The van der Waals surface area contributed by atoms with Crippen molar-refractivity contribution in [2.45, 2.75) is 26.7 Å². The van der Waals surface area contributed by atoms with Crippen molar-refractivity contribution in [2.24, 2.45) is 0 Å². The number of aryl methyl sites for hydroxylation is 1. The van der Waals surface area contributed by atoms with Crippen LogP contribution in [0.3, 0.4) is 0 Å². The Labute approximate surface area is 130 Å². The second-order valence-corrected chi connectivity index (χ2v) is 5.66. The molecule has 0 radical (unpaired) electrons. The minimum Gasteiger partial charge on any atom is -0.426 e. The number of hydrogen-bond donors (Lipinski definition) is 1. The van der Waals surface area contributed by atoms with Gasteiger partial charge in [-0.3, -0.25) is 4.98 Å². The van der Waals surface area contributed by atoms with Crippen molar-refractivity contribution >= 4 is 0 Å². The molecule has 0 aliphatic rings. The van der Waals surface area contributed by atoms with E-state index < -0.39 is 0 Å². The molecule has 0 aliphatic carbocycles. The smallest absolute Gasteiger partial charge is 0.176 e. The lowest BCUT2D eigenvalue weighted by molar-refractivity contribution is 0.195. The molecule has 1 aromatic carbocycles. The summed E-state index contributed by atoms with van der Waals surface area (Å²) in [5.41, 5.74) is 4.44. The fraction of sp³-hybridized carbons (Fsp3) is 0.222. The molecule has 0 spiro atoms. The van der Waals surface area contributed by atoms with Gasteiger partial charge in [0.2, 0.25) is 0 Å². The fourth-order valence-electron chi connectivity index (χ4n) is 2.73. The first-order chi connectivity index (χ1) is 10.6. The Morgan fingerprint density at radius 1 is 1.09 bits per heavy atom. The van der Waals surface area contributed by atoms with Gasteiger partial charge >= 0.3 is 0 Å². The molecule has 1 N–H and O–H groups in total. The highest BCUT2D eigenvalue weighted by atomic mass is 16.5. The van der Waals surface area contributed by atoms with E-state index in [0.717, 1.165) is 16.8 Å². The van der Waals surface area contributed by atoms with Gasteiger partial charge in [-0.25, -0.2) is 4.98 Å². The molecule has 0 atom stereocenters. The van der Waals surface area contributed by atoms with Gasteiger partial charge < -0.3 is 5.21 Å². The van der Waals surface area contributed by atoms with Crippen molar-refractivity contribution in [1.29, 1.82) is 0 Å². The second-order valence-electron chi connectivity index (χ2n) is 5.66. The summed E-state index contributed by atoms with van der Waals surface area (Å²) in [7, 11) is 0. The van der Waals surface area contributed by atoms with Gasteiger partial charge in [0, 0.05) is 23.5 Å². The van der Waals surface area contributed by atoms with Crippen LogP contribution in [-0.4, -0.2) is 19.9 Å². The predicted molar refractivity (Wildman–Crippen MR) is 86.9 cm³/mol. The van der Waals surface area contributed by atoms with E-state index in [1.54, 1.807) is 12.4 Å². The average Bonchev–Trinajstić information content (AvgIpc) is 2.83. The molecule has 4 heteroatoms. The summed E-state index contributed by atoms with van der Waals surface area (Å²) in [6.07, 6.45) is 3.45. The molecule has 4 nitrogen and oxygen atoms in total. The number of pyridine rings is 1. The Morgan fingerprint density at radius 2 is 1.86 bits per heavy atom. The monoisotopic (exact) mass is 293 g/mol. The van der Waals surface area contributed by atoms with Crippen LogP contribution in [0.1, 0.15) is 31.0 Å². The summed E-state index contributed by atoms with van der Waals surface area (Å²) in [6.45, 7) is 6.17.